The summed E-state index contributed by atoms with van der Waals surface area (Å²) in [4.78, 5) is 14.3. The van der Waals surface area contributed by atoms with Gasteiger partial charge < -0.3 is 14.4 Å². The smallest absolute Gasteiger partial charge is 0.271 e. The predicted molar refractivity (Wildman–Crippen MR) is 99.5 cm³/mol. The Bertz CT molecular complexity index is 914. The van der Waals surface area contributed by atoms with E-state index >= 15 is 0 Å². The molecule has 0 spiro atoms. The van der Waals surface area contributed by atoms with E-state index in [2.05, 4.69) is 4.72 Å². The monoisotopic (exact) mass is 396 g/mol. The fourth-order valence-electron chi connectivity index (χ4n) is 2.78. The molecule has 140 valence electrons. The van der Waals surface area contributed by atoms with Crippen molar-refractivity contribution in [3.8, 4) is 11.5 Å². The van der Waals surface area contributed by atoms with E-state index in [1.165, 1.54) is 32.5 Å². The van der Waals surface area contributed by atoms with Crippen LogP contribution in [0.4, 0.5) is 5.69 Å². The number of benzene rings is 1. The number of carbonyl (C=O) groups is 1. The second-order valence-electron chi connectivity index (χ2n) is 5.91. The van der Waals surface area contributed by atoms with Gasteiger partial charge in [-0.25, -0.2) is 8.42 Å². The lowest BCUT2D eigenvalue weighted by molar-refractivity contribution is -0.129. The van der Waals surface area contributed by atoms with Crippen molar-refractivity contribution in [1.82, 2.24) is 4.90 Å². The standard InChI is InChI=1S/C17H20N2O5S2/c1-11(20)19-5-4-16-12(10-19)6-17(25-16)26(21,22)18-13-7-14(23-2)9-15(8-13)24-3/h6-9,18H,4-5,10H2,1-3H3. The highest BCUT2D eigenvalue weighted by atomic mass is 32.2. The fraction of sp³-hybridized carbons (Fsp3) is 0.353. The summed E-state index contributed by atoms with van der Waals surface area (Å²) in [6.07, 6.45) is 0.669. The van der Waals surface area contributed by atoms with E-state index in [0.29, 0.717) is 36.7 Å². The fourth-order valence-corrected chi connectivity index (χ4v) is 5.36. The first-order valence-electron chi connectivity index (χ1n) is 7.95. The van der Waals surface area contributed by atoms with Crippen LogP contribution in [-0.2, 0) is 27.8 Å². The van der Waals surface area contributed by atoms with E-state index in [4.69, 9.17) is 9.47 Å². The molecule has 7 nitrogen and oxygen atoms in total. The Morgan fingerprint density at radius 2 is 1.81 bits per heavy atom. The minimum atomic E-state index is -3.74. The van der Waals surface area contributed by atoms with Crippen LogP contribution in [0.5, 0.6) is 11.5 Å². The first-order valence-corrected chi connectivity index (χ1v) is 10.3. The van der Waals surface area contributed by atoms with Crippen molar-refractivity contribution in [3.05, 3.63) is 34.7 Å². The molecule has 0 saturated carbocycles. The van der Waals surface area contributed by atoms with Crippen molar-refractivity contribution < 1.29 is 22.7 Å². The average molecular weight is 396 g/mol. The molecule has 0 unspecified atom stereocenters. The predicted octanol–water partition coefficient (Wildman–Crippen LogP) is 2.47. The summed E-state index contributed by atoms with van der Waals surface area (Å²) in [5.74, 6) is 0.974. The highest BCUT2D eigenvalue weighted by Gasteiger charge is 2.25. The average Bonchev–Trinajstić information content (AvgIpc) is 3.05. The topological polar surface area (TPSA) is 84.9 Å². The van der Waals surface area contributed by atoms with Crippen LogP contribution in [0.2, 0.25) is 0 Å². The van der Waals surface area contributed by atoms with Crippen molar-refractivity contribution in [1.29, 1.82) is 0 Å². The molecule has 0 aliphatic carbocycles. The van der Waals surface area contributed by atoms with Crippen LogP contribution in [0.1, 0.15) is 17.4 Å². The Labute approximate surface area is 156 Å². The zero-order valence-electron chi connectivity index (χ0n) is 14.7. The zero-order chi connectivity index (χ0) is 18.9. The van der Waals surface area contributed by atoms with Gasteiger partial charge in [-0.1, -0.05) is 0 Å². The third kappa shape index (κ3) is 3.78. The Hall–Kier alpha value is -2.26. The van der Waals surface area contributed by atoms with Gasteiger partial charge >= 0.3 is 0 Å². The first kappa shape index (κ1) is 18.5. The summed E-state index contributed by atoms with van der Waals surface area (Å²) in [5.41, 5.74) is 1.25. The maximum absolute atomic E-state index is 12.8. The molecule has 9 heteroatoms. The van der Waals surface area contributed by atoms with Crippen molar-refractivity contribution in [2.75, 3.05) is 25.5 Å². The molecule has 3 rings (SSSR count). The van der Waals surface area contributed by atoms with E-state index in [-0.39, 0.29) is 10.1 Å². The minimum Gasteiger partial charge on any atom is -0.497 e. The maximum Gasteiger partial charge on any atom is 0.271 e. The number of carbonyl (C=O) groups excluding carboxylic acids is 1. The number of nitrogens with one attached hydrogen (secondary N) is 1. The van der Waals surface area contributed by atoms with Gasteiger partial charge in [0, 0.05) is 43.1 Å². The van der Waals surface area contributed by atoms with Gasteiger partial charge in [0.2, 0.25) is 5.91 Å². The Morgan fingerprint density at radius 1 is 1.15 bits per heavy atom. The van der Waals surface area contributed by atoms with Crippen LogP contribution in [0.15, 0.2) is 28.5 Å². The molecule has 0 radical (unpaired) electrons. The first-order chi connectivity index (χ1) is 12.3. The van der Waals surface area contributed by atoms with Crippen molar-refractivity contribution in [3.63, 3.8) is 0 Å². The van der Waals surface area contributed by atoms with E-state index in [1.807, 2.05) is 0 Å². The molecular weight excluding hydrogens is 376 g/mol. The maximum atomic E-state index is 12.8. The van der Waals surface area contributed by atoms with Crippen molar-refractivity contribution in [2.45, 2.75) is 24.1 Å². The highest BCUT2D eigenvalue weighted by Crippen LogP contribution is 2.33. The SMILES string of the molecule is COc1cc(NS(=O)(=O)c2cc3c(s2)CCN(C(C)=O)C3)cc(OC)c1. The van der Waals surface area contributed by atoms with E-state index in [0.717, 1.165) is 10.4 Å². The molecule has 26 heavy (non-hydrogen) atoms. The van der Waals surface area contributed by atoms with Crippen LogP contribution < -0.4 is 14.2 Å². The van der Waals surface area contributed by atoms with E-state index in [9.17, 15) is 13.2 Å². The summed E-state index contributed by atoms with van der Waals surface area (Å²) in [7, 11) is -0.739. The lowest BCUT2D eigenvalue weighted by atomic mass is 10.1. The molecule has 0 atom stereocenters. The molecule has 1 aromatic carbocycles. The molecule has 0 bridgehead atoms. The molecule has 1 amide bonds. The van der Waals surface area contributed by atoms with Crippen LogP contribution in [0.25, 0.3) is 0 Å². The van der Waals surface area contributed by atoms with E-state index < -0.39 is 10.0 Å². The summed E-state index contributed by atoms with van der Waals surface area (Å²) in [6, 6.07) is 6.49. The largest absolute Gasteiger partial charge is 0.497 e. The second-order valence-corrected chi connectivity index (χ2v) is 8.96. The molecule has 1 N–H and O–H groups in total. The molecule has 1 aliphatic heterocycles. The van der Waals surface area contributed by atoms with Crippen molar-refractivity contribution >= 4 is 33.0 Å². The van der Waals surface area contributed by atoms with Gasteiger partial charge in [0.05, 0.1) is 19.9 Å². The van der Waals surface area contributed by atoms with Gasteiger partial charge in [-0.15, -0.1) is 11.3 Å². The summed E-state index contributed by atoms with van der Waals surface area (Å²) in [6.45, 7) is 2.58. The molecule has 1 aromatic heterocycles. The molecule has 0 saturated heterocycles. The minimum absolute atomic E-state index is 0.00661. The Morgan fingerprint density at radius 3 is 2.38 bits per heavy atom. The number of rotatable bonds is 5. The number of methoxy groups -OCH3 is 2. The lowest BCUT2D eigenvalue weighted by Gasteiger charge is -2.25. The van der Waals surface area contributed by atoms with Crippen LogP contribution >= 0.6 is 11.3 Å². The normalized spacial score (nSPS) is 13.9. The van der Waals surface area contributed by atoms with Gasteiger partial charge in [-0.2, -0.15) is 0 Å². The molecule has 2 heterocycles. The second kappa shape index (κ2) is 7.16. The molecule has 0 fully saturated rings. The van der Waals surface area contributed by atoms with Gasteiger partial charge in [0.25, 0.3) is 10.0 Å². The number of anilines is 1. The number of ether oxygens (including phenoxy) is 2. The summed E-state index contributed by atoms with van der Waals surface area (Å²) in [5, 5.41) is 0. The molecule has 1 aliphatic rings. The van der Waals surface area contributed by atoms with Gasteiger partial charge in [-0.3, -0.25) is 9.52 Å². The number of sulfonamides is 1. The number of thiophene rings is 1. The van der Waals surface area contributed by atoms with Crippen LogP contribution in [-0.4, -0.2) is 40.0 Å². The van der Waals surface area contributed by atoms with E-state index in [1.54, 1.807) is 29.2 Å². The van der Waals surface area contributed by atoms with Gasteiger partial charge in [0.15, 0.2) is 0 Å². The summed E-state index contributed by atoms with van der Waals surface area (Å²) >= 11 is 1.24. The van der Waals surface area contributed by atoms with Crippen molar-refractivity contribution in [2.24, 2.45) is 0 Å². The van der Waals surface area contributed by atoms with Crippen LogP contribution in [0, 0.1) is 0 Å². The zero-order valence-corrected chi connectivity index (χ0v) is 16.4. The Balaban J connectivity index is 1.87. The Kier molecular flexibility index (Phi) is 5.10. The number of amides is 1. The highest BCUT2D eigenvalue weighted by molar-refractivity contribution is 7.94. The number of fused-ring (bicyclic) bond motifs is 1. The van der Waals surface area contributed by atoms with Gasteiger partial charge in [-0.05, 0) is 18.1 Å². The molecular formula is C17H20N2O5S2. The number of nitrogens with zero attached hydrogens (tertiary/aromatic N) is 1. The summed E-state index contributed by atoms with van der Waals surface area (Å²) < 4.78 is 38.7. The molecule has 2 aromatic rings. The quantitative estimate of drug-likeness (QED) is 0.839. The number of hydrogen-bond acceptors (Lipinski definition) is 6. The lowest BCUT2D eigenvalue weighted by Crippen LogP contribution is -2.33. The third-order valence-electron chi connectivity index (χ3n) is 4.16. The number of hydrogen-bond donors (Lipinski definition) is 1. The van der Waals surface area contributed by atoms with Crippen LogP contribution in [0.3, 0.4) is 0 Å². The van der Waals surface area contributed by atoms with Gasteiger partial charge in [0.1, 0.15) is 15.7 Å². The third-order valence-corrected chi connectivity index (χ3v) is 7.25.